The first kappa shape index (κ1) is 16.1. The summed E-state index contributed by atoms with van der Waals surface area (Å²) in [5.41, 5.74) is 1.72. The molecule has 112 valence electrons. The van der Waals surface area contributed by atoms with Crippen molar-refractivity contribution in [2.45, 2.75) is 26.0 Å². The lowest BCUT2D eigenvalue weighted by molar-refractivity contribution is 0.238. The Morgan fingerprint density at radius 3 is 2.52 bits per heavy atom. The summed E-state index contributed by atoms with van der Waals surface area (Å²) >= 11 is 12.2. The fraction of sp³-hybridized carbons (Fsp3) is 0.312. The second-order valence-electron chi connectivity index (χ2n) is 4.95. The van der Waals surface area contributed by atoms with Crippen molar-refractivity contribution >= 4 is 23.2 Å². The SMILES string of the molecule is CNC(c1ccccc1OC(C)C)c1ncc(Cl)cc1Cl. The van der Waals surface area contributed by atoms with E-state index in [0.717, 1.165) is 17.0 Å². The monoisotopic (exact) mass is 324 g/mol. The van der Waals surface area contributed by atoms with Gasteiger partial charge in [0, 0.05) is 11.8 Å². The molecule has 21 heavy (non-hydrogen) atoms. The first-order chi connectivity index (χ1) is 10.0. The molecule has 0 saturated carbocycles. The minimum absolute atomic E-state index is 0.0947. The minimum atomic E-state index is -0.162. The fourth-order valence-electron chi connectivity index (χ4n) is 2.16. The van der Waals surface area contributed by atoms with Gasteiger partial charge in [-0.3, -0.25) is 4.98 Å². The number of halogens is 2. The third-order valence-corrected chi connectivity index (χ3v) is 3.50. The summed E-state index contributed by atoms with van der Waals surface area (Å²) in [4.78, 5) is 4.36. The van der Waals surface area contributed by atoms with Crippen molar-refractivity contribution in [3.8, 4) is 5.75 Å². The van der Waals surface area contributed by atoms with Gasteiger partial charge in [0.15, 0.2) is 0 Å². The number of aromatic nitrogens is 1. The molecule has 1 aromatic heterocycles. The van der Waals surface area contributed by atoms with Crippen LogP contribution >= 0.6 is 23.2 Å². The van der Waals surface area contributed by atoms with E-state index in [1.165, 1.54) is 0 Å². The van der Waals surface area contributed by atoms with Gasteiger partial charge in [-0.25, -0.2) is 0 Å². The molecule has 1 N–H and O–H groups in total. The van der Waals surface area contributed by atoms with Gasteiger partial charge in [-0.2, -0.15) is 0 Å². The fourth-order valence-corrected chi connectivity index (χ4v) is 2.65. The number of benzene rings is 1. The van der Waals surface area contributed by atoms with Crippen LogP contribution in [0.15, 0.2) is 36.5 Å². The summed E-state index contributed by atoms with van der Waals surface area (Å²) in [6.07, 6.45) is 1.69. The summed E-state index contributed by atoms with van der Waals surface area (Å²) in [7, 11) is 1.86. The molecule has 0 fully saturated rings. The molecule has 0 amide bonds. The molecule has 1 aromatic carbocycles. The van der Waals surface area contributed by atoms with Crippen LogP contribution in [0.5, 0.6) is 5.75 Å². The topological polar surface area (TPSA) is 34.1 Å². The lowest BCUT2D eigenvalue weighted by Gasteiger charge is -2.22. The molecule has 1 atom stereocenters. The number of para-hydroxylation sites is 1. The molecule has 0 bridgehead atoms. The van der Waals surface area contributed by atoms with Crippen molar-refractivity contribution in [3.63, 3.8) is 0 Å². The molecule has 0 radical (unpaired) electrons. The van der Waals surface area contributed by atoms with Crippen LogP contribution < -0.4 is 10.1 Å². The van der Waals surface area contributed by atoms with E-state index in [0.29, 0.717) is 10.0 Å². The number of ether oxygens (including phenoxy) is 1. The third-order valence-electron chi connectivity index (χ3n) is 2.99. The molecule has 0 aliphatic rings. The van der Waals surface area contributed by atoms with E-state index in [9.17, 15) is 0 Å². The molecule has 2 rings (SSSR count). The molecule has 0 aliphatic heterocycles. The smallest absolute Gasteiger partial charge is 0.124 e. The summed E-state index contributed by atoms with van der Waals surface area (Å²) < 4.78 is 5.88. The Hall–Kier alpha value is -1.29. The van der Waals surface area contributed by atoms with Crippen LogP contribution in [0.1, 0.15) is 31.1 Å². The molecule has 5 heteroatoms. The zero-order chi connectivity index (χ0) is 15.4. The maximum Gasteiger partial charge on any atom is 0.124 e. The number of rotatable bonds is 5. The molecule has 1 unspecified atom stereocenters. The lowest BCUT2D eigenvalue weighted by atomic mass is 10.0. The van der Waals surface area contributed by atoms with Gasteiger partial charge >= 0.3 is 0 Å². The van der Waals surface area contributed by atoms with E-state index in [4.69, 9.17) is 27.9 Å². The molecule has 2 aromatic rings. The van der Waals surface area contributed by atoms with Gasteiger partial charge in [-0.05, 0) is 33.0 Å². The van der Waals surface area contributed by atoms with Crippen molar-refractivity contribution in [1.29, 1.82) is 0 Å². The van der Waals surface area contributed by atoms with Crippen LogP contribution in [0, 0.1) is 0 Å². The quantitative estimate of drug-likeness (QED) is 0.880. The highest BCUT2D eigenvalue weighted by atomic mass is 35.5. The highest BCUT2D eigenvalue weighted by molar-refractivity contribution is 6.34. The molecule has 0 aliphatic carbocycles. The van der Waals surface area contributed by atoms with Crippen molar-refractivity contribution in [3.05, 3.63) is 57.8 Å². The predicted octanol–water partition coefficient (Wildman–Crippen LogP) is 4.48. The lowest BCUT2D eigenvalue weighted by Crippen LogP contribution is -2.21. The second kappa shape index (κ2) is 7.12. The summed E-state index contributed by atoms with van der Waals surface area (Å²) in [6.45, 7) is 4.00. The first-order valence-corrected chi connectivity index (χ1v) is 7.52. The van der Waals surface area contributed by atoms with Crippen LogP contribution in [0.3, 0.4) is 0 Å². The van der Waals surface area contributed by atoms with Gasteiger partial charge in [-0.15, -0.1) is 0 Å². The summed E-state index contributed by atoms with van der Waals surface area (Å²) in [6, 6.07) is 9.41. The van der Waals surface area contributed by atoms with Gasteiger partial charge in [-0.1, -0.05) is 41.4 Å². The normalized spacial score (nSPS) is 12.5. The Morgan fingerprint density at radius 1 is 1.19 bits per heavy atom. The van der Waals surface area contributed by atoms with E-state index < -0.39 is 0 Å². The van der Waals surface area contributed by atoms with Gasteiger partial charge in [0.1, 0.15) is 5.75 Å². The van der Waals surface area contributed by atoms with E-state index in [-0.39, 0.29) is 12.1 Å². The van der Waals surface area contributed by atoms with Gasteiger partial charge in [0.05, 0.1) is 27.9 Å². The second-order valence-corrected chi connectivity index (χ2v) is 5.79. The number of hydrogen-bond acceptors (Lipinski definition) is 3. The van der Waals surface area contributed by atoms with E-state index in [1.54, 1.807) is 12.3 Å². The molecule has 3 nitrogen and oxygen atoms in total. The van der Waals surface area contributed by atoms with E-state index >= 15 is 0 Å². The van der Waals surface area contributed by atoms with Crippen LogP contribution in [-0.2, 0) is 0 Å². The zero-order valence-electron chi connectivity index (χ0n) is 12.2. The molecule has 0 saturated heterocycles. The maximum absolute atomic E-state index is 6.28. The average Bonchev–Trinajstić information content (AvgIpc) is 2.43. The first-order valence-electron chi connectivity index (χ1n) is 6.76. The van der Waals surface area contributed by atoms with Crippen molar-refractivity contribution in [1.82, 2.24) is 10.3 Å². The standard InChI is InChI=1S/C16H18Cl2N2O/c1-10(2)21-14-7-5-4-6-12(14)15(19-3)16-13(18)8-11(17)9-20-16/h4-10,15,19H,1-3H3. The third kappa shape index (κ3) is 3.88. The Labute approximate surface area is 135 Å². The number of pyridine rings is 1. The predicted molar refractivity (Wildman–Crippen MR) is 87.4 cm³/mol. The maximum atomic E-state index is 6.28. The molecule has 0 spiro atoms. The molecule has 1 heterocycles. The Balaban J connectivity index is 2.46. The van der Waals surface area contributed by atoms with Crippen molar-refractivity contribution in [2.24, 2.45) is 0 Å². The van der Waals surface area contributed by atoms with E-state index in [2.05, 4.69) is 10.3 Å². The average molecular weight is 325 g/mol. The van der Waals surface area contributed by atoms with Crippen LogP contribution in [0.2, 0.25) is 10.0 Å². The number of nitrogens with one attached hydrogen (secondary N) is 1. The van der Waals surface area contributed by atoms with Gasteiger partial charge in [0.25, 0.3) is 0 Å². The largest absolute Gasteiger partial charge is 0.491 e. The van der Waals surface area contributed by atoms with Crippen molar-refractivity contribution < 1.29 is 4.74 Å². The summed E-state index contributed by atoms with van der Waals surface area (Å²) in [5, 5.41) is 4.29. The Bertz CT molecular complexity index is 617. The zero-order valence-corrected chi connectivity index (χ0v) is 13.7. The summed E-state index contributed by atoms with van der Waals surface area (Å²) in [5.74, 6) is 0.819. The highest BCUT2D eigenvalue weighted by Crippen LogP contribution is 2.33. The number of hydrogen-bond donors (Lipinski definition) is 1. The molecular formula is C16H18Cl2N2O. The van der Waals surface area contributed by atoms with Crippen LogP contribution in [-0.4, -0.2) is 18.1 Å². The van der Waals surface area contributed by atoms with Crippen molar-refractivity contribution in [2.75, 3.05) is 7.05 Å². The van der Waals surface area contributed by atoms with Gasteiger partial charge in [0.2, 0.25) is 0 Å². The van der Waals surface area contributed by atoms with Crippen LogP contribution in [0.4, 0.5) is 0 Å². The van der Waals surface area contributed by atoms with Crippen LogP contribution in [0.25, 0.3) is 0 Å². The Kier molecular flexibility index (Phi) is 5.45. The molecular weight excluding hydrogens is 307 g/mol. The highest BCUT2D eigenvalue weighted by Gasteiger charge is 2.21. The Morgan fingerprint density at radius 2 is 1.90 bits per heavy atom. The minimum Gasteiger partial charge on any atom is -0.491 e. The number of nitrogens with zero attached hydrogens (tertiary/aromatic N) is 1. The van der Waals surface area contributed by atoms with Gasteiger partial charge < -0.3 is 10.1 Å². The van der Waals surface area contributed by atoms with E-state index in [1.807, 2.05) is 45.2 Å².